The molecule has 182 valence electrons. The van der Waals surface area contributed by atoms with Crippen molar-refractivity contribution in [2.45, 2.75) is 45.5 Å². The van der Waals surface area contributed by atoms with Crippen LogP contribution in [-0.4, -0.2) is 26.3 Å². The maximum atomic E-state index is 13.2. The standard InChI is InChI=1S/C26H25F3N4O2/c1-17(32(20-8-6-5-7-9-20)24(34)35-25(2,3)4)22-14-15-30-23-21(16-31-33(22)23)18-10-12-19(13-11-18)26(27,28)29/h5-17H,1-4H3. The molecule has 35 heavy (non-hydrogen) atoms. The molecule has 4 aromatic rings. The van der Waals surface area contributed by atoms with Crippen LogP contribution in [0.1, 0.15) is 45.0 Å². The number of hydrogen-bond donors (Lipinski definition) is 0. The largest absolute Gasteiger partial charge is 0.443 e. The van der Waals surface area contributed by atoms with E-state index in [9.17, 15) is 18.0 Å². The summed E-state index contributed by atoms with van der Waals surface area (Å²) >= 11 is 0. The number of nitrogens with zero attached hydrogens (tertiary/aromatic N) is 4. The summed E-state index contributed by atoms with van der Waals surface area (Å²) < 4.78 is 46.2. The summed E-state index contributed by atoms with van der Waals surface area (Å²) in [6.45, 7) is 7.25. The number of alkyl halides is 3. The van der Waals surface area contributed by atoms with E-state index in [1.165, 1.54) is 12.1 Å². The third-order valence-corrected chi connectivity index (χ3v) is 5.39. The zero-order valence-corrected chi connectivity index (χ0v) is 19.7. The van der Waals surface area contributed by atoms with Crippen LogP contribution in [-0.2, 0) is 10.9 Å². The fraction of sp³-hybridized carbons (Fsp3) is 0.269. The van der Waals surface area contributed by atoms with Crippen molar-refractivity contribution in [3.05, 3.63) is 84.3 Å². The number of ether oxygens (including phenoxy) is 1. The zero-order valence-electron chi connectivity index (χ0n) is 19.7. The molecule has 2 aromatic heterocycles. The number of carbonyl (C=O) groups excluding carboxylic acids is 1. The maximum absolute atomic E-state index is 13.2. The Bertz CT molecular complexity index is 1330. The van der Waals surface area contributed by atoms with Crippen molar-refractivity contribution >= 4 is 17.4 Å². The van der Waals surface area contributed by atoms with Gasteiger partial charge in [0.15, 0.2) is 5.65 Å². The van der Waals surface area contributed by atoms with Gasteiger partial charge in [0.1, 0.15) is 5.60 Å². The number of para-hydroxylation sites is 1. The SMILES string of the molecule is CC(c1ccnc2c(-c3ccc(C(F)(F)F)cc3)cnn12)N(C(=O)OC(C)(C)C)c1ccccc1. The van der Waals surface area contributed by atoms with Gasteiger partial charge in [-0.15, -0.1) is 0 Å². The molecule has 0 fully saturated rings. The van der Waals surface area contributed by atoms with Crippen molar-refractivity contribution in [3.8, 4) is 11.1 Å². The molecule has 6 nitrogen and oxygen atoms in total. The van der Waals surface area contributed by atoms with Gasteiger partial charge in [0.2, 0.25) is 0 Å². The predicted octanol–water partition coefficient (Wildman–Crippen LogP) is 6.92. The Balaban J connectivity index is 1.76. The first-order chi connectivity index (χ1) is 16.5. The molecule has 2 heterocycles. The van der Waals surface area contributed by atoms with Crippen LogP contribution in [0.25, 0.3) is 16.8 Å². The van der Waals surface area contributed by atoms with E-state index >= 15 is 0 Å². The number of benzene rings is 2. The summed E-state index contributed by atoms with van der Waals surface area (Å²) in [4.78, 5) is 19.2. The van der Waals surface area contributed by atoms with Crippen LogP contribution in [0.3, 0.4) is 0 Å². The summed E-state index contributed by atoms with van der Waals surface area (Å²) in [5, 5.41) is 4.45. The van der Waals surface area contributed by atoms with Gasteiger partial charge in [-0.1, -0.05) is 30.3 Å². The lowest BCUT2D eigenvalue weighted by molar-refractivity contribution is -0.137. The Morgan fingerprint density at radius 1 is 1.00 bits per heavy atom. The molecule has 1 atom stereocenters. The first-order valence-corrected chi connectivity index (χ1v) is 11.0. The van der Waals surface area contributed by atoms with Crippen molar-refractivity contribution in [1.82, 2.24) is 14.6 Å². The highest BCUT2D eigenvalue weighted by Gasteiger charge is 2.31. The molecule has 0 aliphatic heterocycles. The van der Waals surface area contributed by atoms with Gasteiger partial charge in [-0.2, -0.15) is 18.3 Å². The molecular weight excluding hydrogens is 457 g/mol. The van der Waals surface area contributed by atoms with E-state index in [1.807, 2.05) is 37.3 Å². The van der Waals surface area contributed by atoms with Crippen molar-refractivity contribution in [1.29, 1.82) is 0 Å². The van der Waals surface area contributed by atoms with Gasteiger partial charge in [0, 0.05) is 17.4 Å². The molecule has 0 bridgehead atoms. The van der Waals surface area contributed by atoms with E-state index in [0.29, 0.717) is 28.2 Å². The molecule has 4 rings (SSSR count). The van der Waals surface area contributed by atoms with Crippen LogP contribution >= 0.6 is 0 Å². The molecular formula is C26H25F3N4O2. The highest BCUT2D eigenvalue weighted by molar-refractivity contribution is 5.88. The van der Waals surface area contributed by atoms with Gasteiger partial charge in [-0.3, -0.25) is 4.90 Å². The fourth-order valence-electron chi connectivity index (χ4n) is 3.79. The number of aromatic nitrogens is 3. The fourth-order valence-corrected chi connectivity index (χ4v) is 3.79. The summed E-state index contributed by atoms with van der Waals surface area (Å²) in [5.74, 6) is 0. The molecule has 0 spiro atoms. The lowest BCUT2D eigenvalue weighted by Gasteiger charge is -2.32. The number of fused-ring (bicyclic) bond motifs is 1. The smallest absolute Gasteiger partial charge is 0.416 e. The van der Waals surface area contributed by atoms with Crippen molar-refractivity contribution < 1.29 is 22.7 Å². The molecule has 0 saturated carbocycles. The minimum Gasteiger partial charge on any atom is -0.443 e. The summed E-state index contributed by atoms with van der Waals surface area (Å²) in [7, 11) is 0. The topological polar surface area (TPSA) is 59.7 Å². The van der Waals surface area contributed by atoms with Gasteiger partial charge < -0.3 is 4.74 Å². The van der Waals surface area contributed by atoms with E-state index < -0.39 is 29.5 Å². The Morgan fingerprint density at radius 3 is 2.26 bits per heavy atom. The Morgan fingerprint density at radius 2 is 1.66 bits per heavy atom. The Kier molecular flexibility index (Phi) is 6.27. The second kappa shape index (κ2) is 9.05. The Labute approximate surface area is 201 Å². The lowest BCUT2D eigenvalue weighted by atomic mass is 10.1. The predicted molar refractivity (Wildman–Crippen MR) is 127 cm³/mol. The van der Waals surface area contributed by atoms with Crippen LogP contribution in [0, 0.1) is 0 Å². The van der Waals surface area contributed by atoms with E-state index in [0.717, 1.165) is 12.1 Å². The normalized spacial score (nSPS) is 13.0. The monoisotopic (exact) mass is 482 g/mol. The van der Waals surface area contributed by atoms with E-state index in [1.54, 1.807) is 48.6 Å². The number of halogens is 3. The molecule has 0 radical (unpaired) electrons. The van der Waals surface area contributed by atoms with Gasteiger partial charge in [0.05, 0.1) is 23.5 Å². The minimum absolute atomic E-state index is 0.464. The molecule has 0 N–H and O–H groups in total. The number of carbonyl (C=O) groups is 1. The number of rotatable bonds is 4. The van der Waals surface area contributed by atoms with Gasteiger partial charge in [-0.05, 0) is 63.6 Å². The van der Waals surface area contributed by atoms with Crippen LogP contribution in [0.5, 0.6) is 0 Å². The average Bonchev–Trinajstić information content (AvgIpc) is 3.22. The molecule has 1 unspecified atom stereocenters. The summed E-state index contributed by atoms with van der Waals surface area (Å²) in [6.07, 6.45) is -1.78. The molecule has 0 aliphatic rings. The molecule has 9 heteroatoms. The second-order valence-corrected chi connectivity index (χ2v) is 9.10. The van der Waals surface area contributed by atoms with Crippen LogP contribution < -0.4 is 4.90 Å². The highest BCUT2D eigenvalue weighted by Crippen LogP contribution is 2.33. The number of amides is 1. The van der Waals surface area contributed by atoms with Crippen molar-refractivity contribution in [2.24, 2.45) is 0 Å². The summed E-state index contributed by atoms with van der Waals surface area (Å²) in [6, 6.07) is 15.3. The molecule has 0 aliphatic carbocycles. The van der Waals surface area contributed by atoms with Crippen molar-refractivity contribution in [2.75, 3.05) is 4.90 Å². The Hall–Kier alpha value is -3.88. The van der Waals surface area contributed by atoms with E-state index in [-0.39, 0.29) is 0 Å². The third-order valence-electron chi connectivity index (χ3n) is 5.39. The van der Waals surface area contributed by atoms with Gasteiger partial charge in [0.25, 0.3) is 0 Å². The average molecular weight is 483 g/mol. The minimum atomic E-state index is -4.41. The zero-order chi connectivity index (χ0) is 25.4. The second-order valence-electron chi connectivity index (χ2n) is 9.10. The summed E-state index contributed by atoms with van der Waals surface area (Å²) in [5.41, 5.74) is 1.48. The third kappa shape index (κ3) is 5.13. The first-order valence-electron chi connectivity index (χ1n) is 11.0. The van der Waals surface area contributed by atoms with E-state index in [4.69, 9.17) is 4.74 Å². The molecule has 1 amide bonds. The first kappa shape index (κ1) is 24.3. The molecule has 0 saturated heterocycles. The lowest BCUT2D eigenvalue weighted by Crippen LogP contribution is -2.39. The number of hydrogen-bond acceptors (Lipinski definition) is 4. The van der Waals surface area contributed by atoms with E-state index in [2.05, 4.69) is 10.1 Å². The quantitative estimate of drug-likeness (QED) is 0.317. The van der Waals surface area contributed by atoms with Gasteiger partial charge >= 0.3 is 12.3 Å². The molecule has 2 aromatic carbocycles. The van der Waals surface area contributed by atoms with Gasteiger partial charge in [-0.25, -0.2) is 14.3 Å². The number of anilines is 1. The highest BCUT2D eigenvalue weighted by atomic mass is 19.4. The van der Waals surface area contributed by atoms with Crippen LogP contribution in [0.15, 0.2) is 73.1 Å². The van der Waals surface area contributed by atoms with Crippen LogP contribution in [0.2, 0.25) is 0 Å². The van der Waals surface area contributed by atoms with Crippen molar-refractivity contribution in [3.63, 3.8) is 0 Å². The van der Waals surface area contributed by atoms with Crippen LogP contribution in [0.4, 0.5) is 23.7 Å². The maximum Gasteiger partial charge on any atom is 0.416 e.